The van der Waals surface area contributed by atoms with Crippen LogP contribution in [0.2, 0.25) is 0 Å². The van der Waals surface area contributed by atoms with Crippen molar-refractivity contribution < 1.29 is 14.3 Å². The summed E-state index contributed by atoms with van der Waals surface area (Å²) < 4.78 is 14.3. The molecule has 0 saturated carbocycles. The molecular weight excluding hydrogens is 228 g/mol. The first-order chi connectivity index (χ1) is 7.42. The van der Waals surface area contributed by atoms with Gasteiger partial charge in [0.1, 0.15) is 5.60 Å². The Hall–Kier alpha value is -1.17. The van der Waals surface area contributed by atoms with E-state index in [2.05, 4.69) is 9.71 Å². The summed E-state index contributed by atoms with van der Waals surface area (Å²) >= 11 is 1.34. The third-order valence-electron chi connectivity index (χ3n) is 1.57. The topological polar surface area (TPSA) is 59.9 Å². The summed E-state index contributed by atoms with van der Waals surface area (Å²) in [6.45, 7) is 5.41. The third-order valence-corrected chi connectivity index (χ3v) is 2.20. The number of ether oxygens (including phenoxy) is 2. The van der Waals surface area contributed by atoms with Crippen molar-refractivity contribution in [2.75, 3.05) is 12.9 Å². The van der Waals surface area contributed by atoms with Gasteiger partial charge in [-0.25, -0.2) is 4.79 Å². The van der Waals surface area contributed by atoms with E-state index in [0.29, 0.717) is 11.6 Å². The predicted molar refractivity (Wildman–Crippen MR) is 64.4 cm³/mol. The second kappa shape index (κ2) is 5.25. The van der Waals surface area contributed by atoms with Crippen LogP contribution in [-0.4, -0.2) is 30.4 Å². The molecule has 0 saturated heterocycles. The van der Waals surface area contributed by atoms with Gasteiger partial charge in [0.05, 0.1) is 7.11 Å². The van der Waals surface area contributed by atoms with Gasteiger partial charge in [0.2, 0.25) is 0 Å². The van der Waals surface area contributed by atoms with Crippen molar-refractivity contribution in [3.63, 3.8) is 0 Å². The van der Waals surface area contributed by atoms with Crippen molar-refractivity contribution in [3.8, 4) is 0 Å². The number of methoxy groups -OCH3 is 1. The van der Waals surface area contributed by atoms with Gasteiger partial charge in [-0.05, 0) is 38.8 Å². The molecule has 0 atom stereocenters. The highest BCUT2D eigenvalue weighted by molar-refractivity contribution is 7.98. The lowest BCUT2D eigenvalue weighted by atomic mass is 10.2. The Balaban J connectivity index is 2.57. The van der Waals surface area contributed by atoms with Crippen LogP contribution in [0.1, 0.15) is 20.8 Å². The zero-order valence-electron chi connectivity index (χ0n) is 9.86. The van der Waals surface area contributed by atoms with E-state index in [9.17, 15) is 4.79 Å². The average molecular weight is 244 g/mol. The Kier molecular flexibility index (Phi) is 4.23. The van der Waals surface area contributed by atoms with Crippen LogP contribution in [-0.2, 0) is 9.47 Å². The molecule has 90 valence electrons. The summed E-state index contributed by atoms with van der Waals surface area (Å²) in [5.74, 6) is 1.69. The minimum absolute atomic E-state index is 0.396. The van der Waals surface area contributed by atoms with Crippen LogP contribution < -0.4 is 5.32 Å². The van der Waals surface area contributed by atoms with Gasteiger partial charge in [-0.1, -0.05) is 0 Å². The number of nitrogens with one attached hydrogen (secondary N) is 1. The number of alkyl carbamates (subject to hydrolysis) is 1. The van der Waals surface area contributed by atoms with Gasteiger partial charge in [0, 0.05) is 5.75 Å². The second-order valence-electron chi connectivity index (χ2n) is 4.14. The van der Waals surface area contributed by atoms with Crippen molar-refractivity contribution >= 4 is 23.9 Å². The Morgan fingerprint density at radius 2 is 2.25 bits per heavy atom. The molecule has 0 aromatic heterocycles. The van der Waals surface area contributed by atoms with Gasteiger partial charge >= 0.3 is 6.09 Å². The highest BCUT2D eigenvalue weighted by Gasteiger charge is 2.20. The van der Waals surface area contributed by atoms with Crippen LogP contribution in [0, 0.1) is 0 Å². The van der Waals surface area contributed by atoms with E-state index in [1.807, 2.05) is 6.08 Å². The molecule has 0 radical (unpaired) electrons. The normalized spacial score (nSPS) is 16.0. The van der Waals surface area contributed by atoms with E-state index in [1.54, 1.807) is 20.8 Å². The fourth-order valence-corrected chi connectivity index (χ4v) is 1.59. The lowest BCUT2D eigenvalue weighted by molar-refractivity contribution is 0.0561. The molecule has 0 aliphatic carbocycles. The average Bonchev–Trinajstić information content (AvgIpc) is 2.15. The Morgan fingerprint density at radius 3 is 2.81 bits per heavy atom. The standard InChI is InChI=1S/C10H16N2O3S/c1-10(2,3)15-9(13)11-8-7(14-4)5-6-16-12-8/h5H,6H2,1-4H3,(H,11,12,13). The first kappa shape index (κ1) is 12.9. The third kappa shape index (κ3) is 4.14. The van der Waals surface area contributed by atoms with E-state index < -0.39 is 11.7 Å². The molecule has 0 spiro atoms. The largest absolute Gasteiger partial charge is 0.493 e. The first-order valence-corrected chi connectivity index (χ1v) is 5.81. The number of amidine groups is 1. The first-order valence-electron chi connectivity index (χ1n) is 4.87. The van der Waals surface area contributed by atoms with Crippen LogP contribution in [0.4, 0.5) is 4.79 Å². The fourth-order valence-electron chi connectivity index (χ4n) is 1.02. The smallest absolute Gasteiger partial charge is 0.413 e. The maximum absolute atomic E-state index is 11.5. The molecular formula is C10H16N2O3S. The molecule has 1 aliphatic heterocycles. The fraction of sp³-hybridized carbons (Fsp3) is 0.600. The van der Waals surface area contributed by atoms with Crippen LogP contribution in [0.3, 0.4) is 0 Å². The van der Waals surface area contributed by atoms with Gasteiger partial charge in [0.25, 0.3) is 0 Å². The van der Waals surface area contributed by atoms with E-state index in [1.165, 1.54) is 19.1 Å². The van der Waals surface area contributed by atoms with E-state index in [-0.39, 0.29) is 0 Å². The minimum atomic E-state index is -0.531. The molecule has 5 nitrogen and oxygen atoms in total. The number of amides is 1. The maximum atomic E-state index is 11.5. The van der Waals surface area contributed by atoms with Gasteiger partial charge < -0.3 is 9.47 Å². The summed E-state index contributed by atoms with van der Waals surface area (Å²) in [5.41, 5.74) is -0.524. The molecule has 0 aromatic rings. The zero-order chi connectivity index (χ0) is 12.2. The number of hydrogen-bond donors (Lipinski definition) is 1. The van der Waals surface area contributed by atoms with E-state index in [0.717, 1.165) is 5.75 Å². The molecule has 1 heterocycles. The summed E-state index contributed by atoms with van der Waals surface area (Å²) in [7, 11) is 1.54. The minimum Gasteiger partial charge on any atom is -0.493 e. The van der Waals surface area contributed by atoms with Gasteiger partial charge in [-0.3, -0.25) is 5.32 Å². The van der Waals surface area contributed by atoms with Crippen molar-refractivity contribution in [2.24, 2.45) is 4.40 Å². The van der Waals surface area contributed by atoms with Crippen molar-refractivity contribution in [2.45, 2.75) is 26.4 Å². The molecule has 0 fully saturated rings. The molecule has 0 unspecified atom stereocenters. The summed E-state index contributed by atoms with van der Waals surface area (Å²) in [4.78, 5) is 11.5. The highest BCUT2D eigenvalue weighted by Crippen LogP contribution is 2.15. The number of carbonyl (C=O) groups is 1. The quantitative estimate of drug-likeness (QED) is 0.718. The van der Waals surface area contributed by atoms with E-state index >= 15 is 0 Å². The summed E-state index contributed by atoms with van der Waals surface area (Å²) in [5, 5.41) is 2.55. The number of nitrogens with zero attached hydrogens (tertiary/aromatic N) is 1. The van der Waals surface area contributed by atoms with E-state index in [4.69, 9.17) is 9.47 Å². The molecule has 0 aromatic carbocycles. The highest BCUT2D eigenvalue weighted by atomic mass is 32.2. The van der Waals surface area contributed by atoms with Crippen molar-refractivity contribution in [1.82, 2.24) is 5.32 Å². The SMILES string of the molecule is COC1=CCSN=C1NC(=O)OC(C)(C)C. The lowest BCUT2D eigenvalue weighted by Crippen LogP contribution is -2.37. The van der Waals surface area contributed by atoms with Crippen LogP contribution in [0.5, 0.6) is 0 Å². The molecule has 1 aliphatic rings. The lowest BCUT2D eigenvalue weighted by Gasteiger charge is -2.21. The molecule has 1 N–H and O–H groups in total. The monoisotopic (exact) mass is 244 g/mol. The maximum Gasteiger partial charge on any atom is 0.413 e. The Morgan fingerprint density at radius 1 is 1.56 bits per heavy atom. The Labute approximate surface area is 99.4 Å². The van der Waals surface area contributed by atoms with Crippen LogP contribution in [0.15, 0.2) is 16.2 Å². The summed E-state index contributed by atoms with van der Waals surface area (Å²) in [6.07, 6.45) is 1.32. The van der Waals surface area contributed by atoms with Gasteiger partial charge in [-0.15, -0.1) is 0 Å². The number of carbonyl (C=O) groups excluding carboxylic acids is 1. The van der Waals surface area contributed by atoms with Crippen molar-refractivity contribution in [1.29, 1.82) is 0 Å². The molecule has 0 bridgehead atoms. The van der Waals surface area contributed by atoms with Crippen LogP contribution >= 0.6 is 11.9 Å². The zero-order valence-corrected chi connectivity index (χ0v) is 10.7. The molecule has 1 rings (SSSR count). The van der Waals surface area contributed by atoms with Crippen LogP contribution in [0.25, 0.3) is 0 Å². The molecule has 1 amide bonds. The summed E-state index contributed by atoms with van der Waals surface area (Å²) in [6, 6.07) is 0. The van der Waals surface area contributed by atoms with Gasteiger partial charge in [-0.2, -0.15) is 4.40 Å². The molecule has 6 heteroatoms. The van der Waals surface area contributed by atoms with Crippen molar-refractivity contribution in [3.05, 3.63) is 11.8 Å². The number of hydrogen-bond acceptors (Lipinski definition) is 5. The Bertz CT molecular complexity index is 331. The molecule has 16 heavy (non-hydrogen) atoms. The van der Waals surface area contributed by atoms with Gasteiger partial charge in [0.15, 0.2) is 11.6 Å². The predicted octanol–water partition coefficient (Wildman–Crippen LogP) is 2.10. The number of rotatable bonds is 1. The second-order valence-corrected chi connectivity index (χ2v) is 4.91.